The van der Waals surface area contributed by atoms with E-state index in [4.69, 9.17) is 0 Å². The van der Waals surface area contributed by atoms with Crippen LogP contribution in [0.4, 0.5) is 0 Å². The summed E-state index contributed by atoms with van der Waals surface area (Å²) in [4.78, 5) is 2.57. The maximum absolute atomic E-state index is 2.57. The Balaban J connectivity index is 2.65. The first-order valence-corrected chi connectivity index (χ1v) is 5.80. The van der Waals surface area contributed by atoms with Gasteiger partial charge in [0.15, 0.2) is 0 Å². The summed E-state index contributed by atoms with van der Waals surface area (Å²) in [5.74, 6) is 0. The Kier molecular flexibility index (Phi) is 2.20. The average Bonchev–Trinajstić information content (AvgIpc) is 2.32. The Bertz CT molecular complexity index is 342. The fraction of sp³-hybridized carbons (Fsp3) is 0.571. The molecule has 0 N–H and O–H groups in total. The molecule has 1 aliphatic heterocycles. The Labute approximate surface area is 93.1 Å². The van der Waals surface area contributed by atoms with Gasteiger partial charge in [0.2, 0.25) is 0 Å². The van der Waals surface area contributed by atoms with Crippen LogP contribution in [0.2, 0.25) is 0 Å². The van der Waals surface area contributed by atoms with Gasteiger partial charge >= 0.3 is 0 Å². The van der Waals surface area contributed by atoms with Crippen molar-refractivity contribution in [2.75, 3.05) is 6.54 Å². The van der Waals surface area contributed by atoms with Crippen molar-refractivity contribution < 1.29 is 0 Å². The molecule has 82 valence electrons. The molecule has 2 rings (SSSR count). The van der Waals surface area contributed by atoms with Crippen molar-refractivity contribution in [2.24, 2.45) is 0 Å². The van der Waals surface area contributed by atoms with E-state index in [1.54, 1.807) is 0 Å². The van der Waals surface area contributed by atoms with Crippen LogP contribution >= 0.6 is 0 Å². The summed E-state index contributed by atoms with van der Waals surface area (Å²) in [6.07, 6.45) is 0. The Morgan fingerprint density at radius 1 is 0.933 bits per heavy atom. The van der Waals surface area contributed by atoms with Crippen molar-refractivity contribution in [3.63, 3.8) is 0 Å². The highest BCUT2D eigenvalue weighted by atomic mass is 15.3. The monoisotopic (exact) mass is 203 g/mol. The second-order valence-corrected chi connectivity index (χ2v) is 5.41. The van der Waals surface area contributed by atoms with Crippen molar-refractivity contribution in [3.8, 4) is 0 Å². The molecule has 1 nitrogen and oxygen atoms in total. The molecule has 15 heavy (non-hydrogen) atoms. The molecule has 0 spiro atoms. The van der Waals surface area contributed by atoms with Crippen LogP contribution in [0.25, 0.3) is 0 Å². The summed E-state index contributed by atoms with van der Waals surface area (Å²) in [5.41, 5.74) is 3.29. The molecule has 0 saturated heterocycles. The smallest absolute Gasteiger partial charge is 0.0416 e. The zero-order valence-electron chi connectivity index (χ0n) is 10.5. The molecule has 0 aromatic heterocycles. The van der Waals surface area contributed by atoms with Gasteiger partial charge in [0.1, 0.15) is 0 Å². The van der Waals surface area contributed by atoms with Gasteiger partial charge in [0.25, 0.3) is 0 Å². The summed E-state index contributed by atoms with van der Waals surface area (Å²) in [6, 6.07) is 8.84. The maximum atomic E-state index is 2.57. The molecule has 0 atom stereocenters. The molecule has 1 aromatic rings. The van der Waals surface area contributed by atoms with E-state index < -0.39 is 0 Å². The number of nitrogens with zero attached hydrogens (tertiary/aromatic N) is 1. The van der Waals surface area contributed by atoms with Gasteiger partial charge in [-0.15, -0.1) is 0 Å². The fourth-order valence-electron chi connectivity index (χ4n) is 3.33. The van der Waals surface area contributed by atoms with Crippen molar-refractivity contribution in [3.05, 3.63) is 35.4 Å². The van der Waals surface area contributed by atoms with Crippen molar-refractivity contribution in [1.82, 2.24) is 4.90 Å². The van der Waals surface area contributed by atoms with Gasteiger partial charge in [-0.2, -0.15) is 0 Å². The largest absolute Gasteiger partial charge is 0.285 e. The van der Waals surface area contributed by atoms with Crippen LogP contribution in [0.3, 0.4) is 0 Å². The lowest BCUT2D eigenvalue weighted by atomic mass is 9.91. The molecule has 0 radical (unpaired) electrons. The molecule has 0 unspecified atom stereocenters. The van der Waals surface area contributed by atoms with Gasteiger partial charge in [-0.1, -0.05) is 31.2 Å². The van der Waals surface area contributed by atoms with Gasteiger partial charge in [0.05, 0.1) is 0 Å². The normalized spacial score (nSPS) is 22.7. The van der Waals surface area contributed by atoms with Gasteiger partial charge in [-0.05, 0) is 45.4 Å². The van der Waals surface area contributed by atoms with Crippen LogP contribution in [-0.2, 0) is 11.1 Å². The highest BCUT2D eigenvalue weighted by Gasteiger charge is 2.47. The van der Waals surface area contributed by atoms with Crippen molar-refractivity contribution in [1.29, 1.82) is 0 Å². The second-order valence-electron chi connectivity index (χ2n) is 5.41. The highest BCUT2D eigenvalue weighted by Crippen LogP contribution is 2.48. The fourth-order valence-corrected chi connectivity index (χ4v) is 3.33. The van der Waals surface area contributed by atoms with Crippen molar-refractivity contribution >= 4 is 0 Å². The predicted octanol–water partition coefficient (Wildman–Crippen LogP) is 3.49. The summed E-state index contributed by atoms with van der Waals surface area (Å²) >= 11 is 0. The molecule has 1 heterocycles. The van der Waals surface area contributed by atoms with Gasteiger partial charge in [0, 0.05) is 11.1 Å². The Morgan fingerprint density at radius 3 is 1.67 bits per heavy atom. The van der Waals surface area contributed by atoms with Crippen LogP contribution in [0.5, 0.6) is 0 Å². The van der Waals surface area contributed by atoms with E-state index in [9.17, 15) is 0 Å². The van der Waals surface area contributed by atoms with E-state index in [1.165, 1.54) is 11.1 Å². The van der Waals surface area contributed by atoms with Crippen LogP contribution in [0, 0.1) is 0 Å². The highest BCUT2D eigenvalue weighted by molar-refractivity contribution is 5.42. The Hall–Kier alpha value is -0.820. The number of fused-ring (bicyclic) bond motifs is 1. The summed E-state index contributed by atoms with van der Waals surface area (Å²) in [7, 11) is 0. The van der Waals surface area contributed by atoms with Crippen LogP contribution in [-0.4, -0.2) is 11.4 Å². The van der Waals surface area contributed by atoms with Crippen LogP contribution in [0.1, 0.15) is 45.7 Å². The second kappa shape index (κ2) is 3.08. The van der Waals surface area contributed by atoms with Crippen LogP contribution < -0.4 is 0 Å². The zero-order chi connectivity index (χ0) is 11.3. The molecular weight excluding hydrogens is 182 g/mol. The first kappa shape index (κ1) is 10.7. The van der Waals surface area contributed by atoms with E-state index in [-0.39, 0.29) is 11.1 Å². The molecular formula is C14H21N. The quantitative estimate of drug-likeness (QED) is 0.675. The van der Waals surface area contributed by atoms with Gasteiger partial charge in [-0.25, -0.2) is 0 Å². The number of hydrogen-bond acceptors (Lipinski definition) is 1. The molecule has 1 aromatic carbocycles. The number of benzene rings is 1. The predicted molar refractivity (Wildman–Crippen MR) is 64.9 cm³/mol. The van der Waals surface area contributed by atoms with E-state index in [0.29, 0.717) is 0 Å². The summed E-state index contributed by atoms with van der Waals surface area (Å²) < 4.78 is 0. The van der Waals surface area contributed by atoms with E-state index in [1.807, 2.05) is 0 Å². The molecule has 1 heteroatoms. The minimum atomic E-state index is 0.162. The average molecular weight is 203 g/mol. The van der Waals surface area contributed by atoms with E-state index in [0.717, 1.165) is 6.54 Å². The van der Waals surface area contributed by atoms with Gasteiger partial charge in [-0.3, -0.25) is 4.90 Å². The molecule has 1 aliphatic rings. The topological polar surface area (TPSA) is 3.24 Å². The molecule has 0 bridgehead atoms. The summed E-state index contributed by atoms with van der Waals surface area (Å²) in [6.45, 7) is 12.6. The standard InChI is InChI=1S/C14H21N/c1-6-15-13(2,3)11-9-7-8-10-12(11)14(15,4)5/h7-10H,6H2,1-5H3. The minimum absolute atomic E-state index is 0.162. The first-order valence-electron chi connectivity index (χ1n) is 5.80. The number of hydrogen-bond donors (Lipinski definition) is 0. The molecule has 0 aliphatic carbocycles. The zero-order valence-corrected chi connectivity index (χ0v) is 10.5. The minimum Gasteiger partial charge on any atom is -0.285 e. The van der Waals surface area contributed by atoms with Gasteiger partial charge < -0.3 is 0 Å². The first-order chi connectivity index (χ1) is 6.92. The third kappa shape index (κ3) is 1.26. The molecule has 0 amide bonds. The van der Waals surface area contributed by atoms with Crippen molar-refractivity contribution in [2.45, 2.75) is 45.7 Å². The Morgan fingerprint density at radius 2 is 1.33 bits per heavy atom. The summed E-state index contributed by atoms with van der Waals surface area (Å²) in [5, 5.41) is 0. The third-order valence-electron chi connectivity index (χ3n) is 3.91. The SMILES string of the molecule is CCN1C(C)(C)c2ccccc2C1(C)C. The molecule has 0 saturated carbocycles. The lowest BCUT2D eigenvalue weighted by molar-refractivity contribution is 0.0466. The maximum Gasteiger partial charge on any atom is 0.0416 e. The third-order valence-corrected chi connectivity index (χ3v) is 3.91. The van der Waals surface area contributed by atoms with E-state index in [2.05, 4.69) is 63.8 Å². The molecule has 0 fully saturated rings. The van der Waals surface area contributed by atoms with Crippen LogP contribution in [0.15, 0.2) is 24.3 Å². The lowest BCUT2D eigenvalue weighted by Crippen LogP contribution is -2.45. The van der Waals surface area contributed by atoms with E-state index >= 15 is 0 Å². The lowest BCUT2D eigenvalue weighted by Gasteiger charge is -2.40. The number of rotatable bonds is 1.